The van der Waals surface area contributed by atoms with Crippen LogP contribution >= 0.6 is 0 Å². The van der Waals surface area contributed by atoms with Gasteiger partial charge in [-0.2, -0.15) is 13.2 Å². The number of halogens is 5. The number of nitrogens with zero attached hydrogens (tertiary/aromatic N) is 4. The Hall–Kier alpha value is -3.13. The summed E-state index contributed by atoms with van der Waals surface area (Å²) in [7, 11) is 0. The van der Waals surface area contributed by atoms with Gasteiger partial charge in [0.2, 0.25) is 11.8 Å². The Labute approximate surface area is 202 Å². The fourth-order valence-corrected chi connectivity index (χ4v) is 4.31. The monoisotopic (exact) mass is 517 g/mol. The van der Waals surface area contributed by atoms with Crippen LogP contribution in [0, 0.1) is 0 Å². The number of fused-ring (bicyclic) bond motifs is 1. The third-order valence-corrected chi connectivity index (χ3v) is 6.27. The molecule has 4 rings (SSSR count). The van der Waals surface area contributed by atoms with Gasteiger partial charge in [-0.3, -0.25) is 9.59 Å². The van der Waals surface area contributed by atoms with Crippen molar-refractivity contribution in [2.45, 2.75) is 63.0 Å². The molecular weight excluding hydrogens is 493 g/mol. The van der Waals surface area contributed by atoms with Gasteiger partial charge in [-0.1, -0.05) is 0 Å². The molecule has 0 radical (unpaired) electrons. The lowest BCUT2D eigenvalue weighted by Crippen LogP contribution is -2.55. The summed E-state index contributed by atoms with van der Waals surface area (Å²) < 4.78 is 73.5. The van der Waals surface area contributed by atoms with Gasteiger partial charge in [0.1, 0.15) is 0 Å². The summed E-state index contributed by atoms with van der Waals surface area (Å²) in [4.78, 5) is 34.5. The molecule has 0 saturated carbocycles. The summed E-state index contributed by atoms with van der Waals surface area (Å²) in [5, 5.41) is 9.77. The van der Waals surface area contributed by atoms with Gasteiger partial charge >= 0.3 is 6.18 Å². The average Bonchev–Trinajstić information content (AvgIpc) is 3.35. The second-order valence-electron chi connectivity index (χ2n) is 8.84. The van der Waals surface area contributed by atoms with Crippen LogP contribution in [0.25, 0.3) is 11.6 Å². The first-order valence-electron chi connectivity index (χ1n) is 11.3. The second kappa shape index (κ2) is 9.73. The summed E-state index contributed by atoms with van der Waals surface area (Å²) in [5.41, 5.74) is 4.85. The van der Waals surface area contributed by atoms with Gasteiger partial charge in [0, 0.05) is 44.0 Å². The average molecular weight is 517 g/mol. The molecule has 0 bridgehead atoms. The number of piperidine rings is 1. The number of amides is 2. The summed E-state index contributed by atoms with van der Waals surface area (Å²) >= 11 is 0. The highest BCUT2D eigenvalue weighted by Crippen LogP contribution is 2.36. The van der Waals surface area contributed by atoms with Gasteiger partial charge in [-0.15, -0.1) is 0 Å². The van der Waals surface area contributed by atoms with E-state index in [2.05, 4.69) is 9.97 Å². The molecule has 14 heteroatoms. The normalized spacial score (nSPS) is 20.9. The molecule has 1 saturated heterocycles. The van der Waals surface area contributed by atoms with Crippen molar-refractivity contribution in [1.29, 1.82) is 0 Å². The highest BCUT2D eigenvalue weighted by molar-refractivity contribution is 5.78. The van der Waals surface area contributed by atoms with Crippen molar-refractivity contribution >= 4 is 11.8 Å². The topological polar surface area (TPSA) is 126 Å². The first-order valence-corrected chi connectivity index (χ1v) is 11.3. The Bertz CT molecular complexity index is 1120. The molecule has 2 atom stereocenters. The lowest BCUT2D eigenvalue weighted by molar-refractivity contribution is -0.205. The molecular formula is C22H24F5N5O4. The number of hydrogen-bond acceptors (Lipinski definition) is 7. The van der Waals surface area contributed by atoms with Gasteiger partial charge in [0.05, 0.1) is 18.5 Å². The molecule has 2 amide bonds. The van der Waals surface area contributed by atoms with Crippen molar-refractivity contribution in [2.24, 2.45) is 5.73 Å². The van der Waals surface area contributed by atoms with Gasteiger partial charge in [-0.25, -0.2) is 18.7 Å². The van der Waals surface area contributed by atoms with Crippen molar-refractivity contribution in [3.8, 4) is 11.6 Å². The molecule has 0 unspecified atom stereocenters. The van der Waals surface area contributed by atoms with Crippen LogP contribution in [0.1, 0.15) is 42.6 Å². The molecule has 2 aromatic rings. The van der Waals surface area contributed by atoms with E-state index in [0.717, 1.165) is 0 Å². The third kappa shape index (κ3) is 5.33. The van der Waals surface area contributed by atoms with Crippen molar-refractivity contribution in [1.82, 2.24) is 19.8 Å². The van der Waals surface area contributed by atoms with E-state index in [1.807, 2.05) is 0 Å². The van der Waals surface area contributed by atoms with Gasteiger partial charge < -0.3 is 25.1 Å². The molecule has 1 fully saturated rings. The SMILES string of the molecule is N[C@H](CCN1C(=O)CCC(F)(F)[C@H]1O)CC(=O)N1CCc2c(nc(-c3ccco3)nc2C(F)(F)F)C1. The van der Waals surface area contributed by atoms with E-state index in [-0.39, 0.29) is 61.7 Å². The molecule has 3 N–H and O–H groups in total. The number of furan rings is 1. The maximum absolute atomic E-state index is 13.7. The number of aromatic nitrogens is 2. The van der Waals surface area contributed by atoms with Crippen molar-refractivity contribution in [2.75, 3.05) is 13.1 Å². The highest BCUT2D eigenvalue weighted by atomic mass is 19.4. The lowest BCUT2D eigenvalue weighted by atomic mass is 10.0. The zero-order valence-electron chi connectivity index (χ0n) is 19.0. The van der Waals surface area contributed by atoms with E-state index in [9.17, 15) is 36.6 Å². The fraction of sp³-hybridized carbons (Fsp3) is 0.545. The molecule has 0 aromatic carbocycles. The number of alkyl halides is 5. The number of nitrogens with two attached hydrogens (primary N) is 1. The summed E-state index contributed by atoms with van der Waals surface area (Å²) in [6, 6.07) is 2.08. The summed E-state index contributed by atoms with van der Waals surface area (Å²) in [6.45, 7) is -0.474. The minimum absolute atomic E-state index is 0.0133. The Morgan fingerprint density at radius 3 is 2.72 bits per heavy atom. The predicted octanol–water partition coefficient (Wildman–Crippen LogP) is 2.32. The Morgan fingerprint density at radius 2 is 2.06 bits per heavy atom. The molecule has 9 nitrogen and oxygen atoms in total. The Morgan fingerprint density at radius 1 is 1.31 bits per heavy atom. The number of aliphatic hydroxyl groups is 1. The fourth-order valence-electron chi connectivity index (χ4n) is 4.31. The van der Waals surface area contributed by atoms with Crippen LogP contribution in [0.5, 0.6) is 0 Å². The Balaban J connectivity index is 1.42. The van der Waals surface area contributed by atoms with Crippen LogP contribution in [-0.2, 0) is 28.7 Å². The van der Waals surface area contributed by atoms with Crippen LogP contribution in [0.15, 0.2) is 22.8 Å². The van der Waals surface area contributed by atoms with E-state index >= 15 is 0 Å². The molecule has 0 aliphatic carbocycles. The van der Waals surface area contributed by atoms with Gasteiger partial charge in [-0.05, 0) is 25.0 Å². The van der Waals surface area contributed by atoms with Crippen LogP contribution in [0.3, 0.4) is 0 Å². The number of rotatable bonds is 6. The second-order valence-corrected chi connectivity index (χ2v) is 8.84. The molecule has 36 heavy (non-hydrogen) atoms. The van der Waals surface area contributed by atoms with Crippen molar-refractivity contribution in [3.05, 3.63) is 35.3 Å². The predicted molar refractivity (Wildman–Crippen MR) is 113 cm³/mol. The lowest BCUT2D eigenvalue weighted by Gasteiger charge is -2.38. The minimum atomic E-state index is -4.73. The smallest absolute Gasteiger partial charge is 0.433 e. The summed E-state index contributed by atoms with van der Waals surface area (Å²) in [5.74, 6) is -4.73. The first kappa shape index (κ1) is 25.9. The number of likely N-dealkylation sites (tertiary alicyclic amines) is 1. The van der Waals surface area contributed by atoms with Crippen LogP contribution in [0.2, 0.25) is 0 Å². The molecule has 2 aliphatic heterocycles. The number of hydrogen-bond donors (Lipinski definition) is 2. The molecule has 2 aliphatic rings. The third-order valence-electron chi connectivity index (χ3n) is 6.27. The summed E-state index contributed by atoms with van der Waals surface area (Å²) in [6.07, 6.45) is -7.24. The highest BCUT2D eigenvalue weighted by Gasteiger charge is 2.48. The number of aliphatic hydroxyl groups excluding tert-OH is 1. The van der Waals surface area contributed by atoms with Crippen molar-refractivity contribution in [3.63, 3.8) is 0 Å². The Kier molecular flexibility index (Phi) is 7.01. The maximum Gasteiger partial charge on any atom is 0.433 e. The van der Waals surface area contributed by atoms with Crippen molar-refractivity contribution < 1.29 is 41.1 Å². The van der Waals surface area contributed by atoms with Crippen LogP contribution < -0.4 is 5.73 Å². The van der Waals surface area contributed by atoms with E-state index in [1.165, 1.54) is 23.3 Å². The molecule has 0 spiro atoms. The van der Waals surface area contributed by atoms with Gasteiger partial charge in [0.25, 0.3) is 5.92 Å². The first-order chi connectivity index (χ1) is 16.9. The number of carbonyl (C=O) groups is 2. The maximum atomic E-state index is 13.7. The number of carbonyl (C=O) groups excluding carboxylic acids is 2. The zero-order chi connectivity index (χ0) is 26.3. The van der Waals surface area contributed by atoms with Crippen LogP contribution in [0.4, 0.5) is 22.0 Å². The van der Waals surface area contributed by atoms with Gasteiger partial charge in [0.15, 0.2) is 23.5 Å². The van der Waals surface area contributed by atoms with E-state index in [0.29, 0.717) is 4.90 Å². The van der Waals surface area contributed by atoms with E-state index in [4.69, 9.17) is 10.2 Å². The van der Waals surface area contributed by atoms with Crippen LogP contribution in [-0.4, -0.2) is 68.0 Å². The quantitative estimate of drug-likeness (QED) is 0.564. The molecule has 4 heterocycles. The van der Waals surface area contributed by atoms with E-state index < -0.39 is 54.7 Å². The van der Waals surface area contributed by atoms with E-state index in [1.54, 1.807) is 0 Å². The molecule has 2 aromatic heterocycles. The largest absolute Gasteiger partial charge is 0.461 e. The minimum Gasteiger partial charge on any atom is -0.461 e. The standard InChI is InChI=1S/C22H24F5N5O4/c23-21(24)6-3-16(33)32(20(21)35)8-4-12(28)10-17(34)31-7-5-13-14(11-31)29-19(15-2-1-9-36-15)30-18(13)22(25,26)27/h1-2,9,12,20,35H,3-8,10-11,28H2/t12-,20-/m1/s1. The molecule has 196 valence electrons. The zero-order valence-corrected chi connectivity index (χ0v) is 19.0.